The first-order chi connectivity index (χ1) is 11.3. The molecule has 23 heavy (non-hydrogen) atoms. The first-order valence-electron chi connectivity index (χ1n) is 8.31. The van der Waals surface area contributed by atoms with Crippen LogP contribution >= 0.6 is 0 Å². The van der Waals surface area contributed by atoms with Crippen molar-refractivity contribution in [3.05, 3.63) is 65.7 Å². The molecule has 1 fully saturated rings. The molecule has 2 aromatic rings. The van der Waals surface area contributed by atoms with E-state index in [-0.39, 0.29) is 0 Å². The van der Waals surface area contributed by atoms with E-state index in [9.17, 15) is 0 Å². The van der Waals surface area contributed by atoms with Gasteiger partial charge in [-0.25, -0.2) is 0 Å². The zero-order valence-electron chi connectivity index (χ0n) is 13.9. The first kappa shape index (κ1) is 15.6. The Morgan fingerprint density at radius 2 is 1.78 bits per heavy atom. The van der Waals surface area contributed by atoms with Crippen molar-refractivity contribution >= 4 is 5.69 Å². The fourth-order valence-corrected chi connectivity index (χ4v) is 3.28. The van der Waals surface area contributed by atoms with Crippen molar-refractivity contribution in [3.8, 4) is 11.8 Å². The molecular weight excluding hydrogens is 280 g/mol. The predicted molar refractivity (Wildman–Crippen MR) is 97.3 cm³/mol. The van der Waals surface area contributed by atoms with Gasteiger partial charge in [-0.05, 0) is 30.5 Å². The molecule has 0 amide bonds. The highest BCUT2D eigenvalue weighted by molar-refractivity contribution is 5.59. The van der Waals surface area contributed by atoms with Crippen molar-refractivity contribution < 1.29 is 0 Å². The maximum absolute atomic E-state index is 3.72. The van der Waals surface area contributed by atoms with Gasteiger partial charge in [0.25, 0.3) is 0 Å². The van der Waals surface area contributed by atoms with Crippen molar-refractivity contribution in [1.82, 2.24) is 4.90 Å². The number of hydrogen-bond donors (Lipinski definition) is 1. The highest BCUT2D eigenvalue weighted by Gasteiger charge is 2.29. The van der Waals surface area contributed by atoms with E-state index < -0.39 is 0 Å². The normalized spacial score (nSPS) is 20.8. The summed E-state index contributed by atoms with van der Waals surface area (Å²) in [6.45, 7) is 7.45. The molecule has 1 saturated heterocycles. The average Bonchev–Trinajstić information content (AvgIpc) is 2.90. The lowest BCUT2D eigenvalue weighted by Gasteiger charge is -2.19. The van der Waals surface area contributed by atoms with Crippen molar-refractivity contribution in [3.63, 3.8) is 0 Å². The SMILES string of the molecule is CC#Cc1ccccc1N[C@H]1CN(Cc2ccccc2)C[C@H]1C. The van der Waals surface area contributed by atoms with E-state index >= 15 is 0 Å². The van der Waals surface area contributed by atoms with Gasteiger partial charge in [0.2, 0.25) is 0 Å². The molecule has 0 unspecified atom stereocenters. The largest absolute Gasteiger partial charge is 0.380 e. The molecule has 2 heteroatoms. The summed E-state index contributed by atoms with van der Waals surface area (Å²) in [4.78, 5) is 2.53. The van der Waals surface area contributed by atoms with Gasteiger partial charge in [-0.2, -0.15) is 0 Å². The van der Waals surface area contributed by atoms with Crippen molar-refractivity contribution in [2.75, 3.05) is 18.4 Å². The maximum atomic E-state index is 3.72. The van der Waals surface area contributed by atoms with Crippen LogP contribution in [-0.2, 0) is 6.54 Å². The van der Waals surface area contributed by atoms with E-state index in [0.717, 1.165) is 30.9 Å². The Balaban J connectivity index is 1.66. The minimum atomic E-state index is 0.471. The Hall–Kier alpha value is -2.24. The summed E-state index contributed by atoms with van der Waals surface area (Å²) < 4.78 is 0. The summed E-state index contributed by atoms with van der Waals surface area (Å²) in [6.07, 6.45) is 0. The zero-order valence-corrected chi connectivity index (χ0v) is 13.9. The third-order valence-corrected chi connectivity index (χ3v) is 4.46. The first-order valence-corrected chi connectivity index (χ1v) is 8.31. The molecule has 0 aliphatic carbocycles. The van der Waals surface area contributed by atoms with Crippen LogP contribution in [0.4, 0.5) is 5.69 Å². The molecule has 1 heterocycles. The molecule has 1 aliphatic heterocycles. The summed E-state index contributed by atoms with van der Waals surface area (Å²) >= 11 is 0. The Labute approximate surface area is 139 Å². The molecule has 0 saturated carbocycles. The number of benzene rings is 2. The quantitative estimate of drug-likeness (QED) is 0.859. The third kappa shape index (κ3) is 3.94. The highest BCUT2D eigenvalue weighted by atomic mass is 15.2. The number of para-hydroxylation sites is 1. The maximum Gasteiger partial charge on any atom is 0.0502 e. The van der Waals surface area contributed by atoms with Gasteiger partial charge in [-0.3, -0.25) is 4.90 Å². The van der Waals surface area contributed by atoms with E-state index in [2.05, 4.69) is 77.5 Å². The van der Waals surface area contributed by atoms with E-state index in [1.165, 1.54) is 5.56 Å². The van der Waals surface area contributed by atoms with Crippen molar-refractivity contribution in [1.29, 1.82) is 0 Å². The number of hydrogen-bond acceptors (Lipinski definition) is 2. The molecule has 3 rings (SSSR count). The van der Waals surface area contributed by atoms with Crippen LogP contribution in [0.25, 0.3) is 0 Å². The van der Waals surface area contributed by atoms with Crippen LogP contribution in [0.3, 0.4) is 0 Å². The van der Waals surface area contributed by atoms with Crippen LogP contribution in [-0.4, -0.2) is 24.0 Å². The molecule has 2 atom stereocenters. The highest BCUT2D eigenvalue weighted by Crippen LogP contribution is 2.24. The molecule has 2 nitrogen and oxygen atoms in total. The Kier molecular flexibility index (Phi) is 5.00. The number of rotatable bonds is 4. The lowest BCUT2D eigenvalue weighted by Crippen LogP contribution is -2.28. The van der Waals surface area contributed by atoms with Gasteiger partial charge in [0.05, 0.1) is 5.69 Å². The van der Waals surface area contributed by atoms with Crippen LogP contribution in [0.5, 0.6) is 0 Å². The minimum absolute atomic E-state index is 0.471. The van der Waals surface area contributed by atoms with Crippen LogP contribution in [0.1, 0.15) is 25.0 Å². The summed E-state index contributed by atoms with van der Waals surface area (Å²) in [7, 11) is 0. The lowest BCUT2D eigenvalue weighted by molar-refractivity contribution is 0.319. The van der Waals surface area contributed by atoms with Gasteiger partial charge in [0.15, 0.2) is 0 Å². The van der Waals surface area contributed by atoms with E-state index in [1.54, 1.807) is 0 Å². The Bertz CT molecular complexity index is 697. The number of nitrogens with one attached hydrogen (secondary N) is 1. The van der Waals surface area contributed by atoms with E-state index in [4.69, 9.17) is 0 Å². The second-order valence-corrected chi connectivity index (χ2v) is 6.33. The van der Waals surface area contributed by atoms with Crippen molar-refractivity contribution in [2.24, 2.45) is 5.92 Å². The fourth-order valence-electron chi connectivity index (χ4n) is 3.28. The molecular formula is C21H24N2. The zero-order chi connectivity index (χ0) is 16.1. The third-order valence-electron chi connectivity index (χ3n) is 4.46. The molecule has 0 aromatic heterocycles. The van der Waals surface area contributed by atoms with E-state index in [0.29, 0.717) is 12.0 Å². The van der Waals surface area contributed by atoms with Gasteiger partial charge in [-0.15, -0.1) is 5.92 Å². The van der Waals surface area contributed by atoms with E-state index in [1.807, 2.05) is 13.0 Å². The molecule has 1 N–H and O–H groups in total. The van der Waals surface area contributed by atoms with Crippen LogP contribution in [0.15, 0.2) is 54.6 Å². The minimum Gasteiger partial charge on any atom is -0.380 e. The summed E-state index contributed by atoms with van der Waals surface area (Å²) in [5.41, 5.74) is 3.63. The monoisotopic (exact) mass is 304 g/mol. The Morgan fingerprint density at radius 1 is 1.04 bits per heavy atom. The number of anilines is 1. The molecule has 2 aromatic carbocycles. The van der Waals surface area contributed by atoms with Crippen molar-refractivity contribution in [2.45, 2.75) is 26.4 Å². The molecule has 118 valence electrons. The molecule has 0 radical (unpaired) electrons. The summed E-state index contributed by atoms with van der Waals surface area (Å²) in [5, 5.41) is 3.72. The second kappa shape index (κ2) is 7.35. The topological polar surface area (TPSA) is 15.3 Å². The number of likely N-dealkylation sites (tertiary alicyclic amines) is 1. The molecule has 0 spiro atoms. The lowest BCUT2D eigenvalue weighted by atomic mass is 10.1. The van der Waals surface area contributed by atoms with Crippen LogP contribution in [0, 0.1) is 17.8 Å². The fraction of sp³-hybridized carbons (Fsp3) is 0.333. The van der Waals surface area contributed by atoms with Gasteiger partial charge in [-0.1, -0.05) is 55.3 Å². The molecule has 1 aliphatic rings. The summed E-state index contributed by atoms with van der Waals surface area (Å²) in [5.74, 6) is 6.82. The van der Waals surface area contributed by atoms with Gasteiger partial charge in [0, 0.05) is 31.2 Å². The average molecular weight is 304 g/mol. The predicted octanol–water partition coefficient (Wildman–Crippen LogP) is 3.99. The summed E-state index contributed by atoms with van der Waals surface area (Å²) in [6, 6.07) is 19.5. The van der Waals surface area contributed by atoms with Crippen LogP contribution in [0.2, 0.25) is 0 Å². The van der Waals surface area contributed by atoms with Crippen LogP contribution < -0.4 is 5.32 Å². The standard InChI is InChI=1S/C21H24N2/c1-3-9-19-12-7-8-13-20(19)22-21-16-23(14-17(21)2)15-18-10-5-4-6-11-18/h4-8,10-13,17,21-22H,14-16H2,1-2H3/t17-,21+/m1/s1. The van der Waals surface area contributed by atoms with Gasteiger partial charge < -0.3 is 5.32 Å². The Morgan fingerprint density at radius 3 is 2.57 bits per heavy atom. The molecule has 0 bridgehead atoms. The smallest absolute Gasteiger partial charge is 0.0502 e. The van der Waals surface area contributed by atoms with Gasteiger partial charge in [0.1, 0.15) is 0 Å². The second-order valence-electron chi connectivity index (χ2n) is 6.33. The number of nitrogens with zero attached hydrogens (tertiary/aromatic N) is 1. The van der Waals surface area contributed by atoms with Gasteiger partial charge >= 0.3 is 0 Å².